The zero-order chi connectivity index (χ0) is 23.6. The lowest BCUT2D eigenvalue weighted by molar-refractivity contribution is -0.113. The topological polar surface area (TPSA) is 54.5 Å². The van der Waals surface area contributed by atoms with Crippen LogP contribution in [0, 0.1) is 20.8 Å². The van der Waals surface area contributed by atoms with Crippen molar-refractivity contribution in [2.24, 2.45) is 0 Å². The van der Waals surface area contributed by atoms with Crippen molar-refractivity contribution < 1.29 is 13.2 Å². The third-order valence-electron chi connectivity index (χ3n) is 5.77. The lowest BCUT2D eigenvalue weighted by atomic mass is 9.95. The monoisotopic (exact) mass is 457 g/mol. The molecule has 0 bridgehead atoms. The highest BCUT2D eigenvalue weighted by atomic mass is 32.2. The Labute approximate surface area is 195 Å². The van der Waals surface area contributed by atoms with E-state index in [1.54, 1.807) is 36.4 Å². The first-order valence-corrected chi connectivity index (χ1v) is 12.3. The zero-order valence-electron chi connectivity index (χ0n) is 19.1. The molecule has 0 radical (unpaired) electrons. The van der Waals surface area contributed by atoms with Gasteiger partial charge in [0.2, 0.25) is 10.0 Å². The molecule has 0 aliphatic carbocycles. The summed E-state index contributed by atoms with van der Waals surface area (Å²) >= 11 is 0. The first-order chi connectivity index (χ1) is 15.7. The molecular weight excluding hydrogens is 430 g/mol. The van der Waals surface area contributed by atoms with E-state index in [2.05, 4.69) is 0 Å². The minimum absolute atomic E-state index is 0.0359. The van der Waals surface area contributed by atoms with Crippen LogP contribution < -0.4 is 0 Å². The number of sulfonamides is 1. The number of hydrogen-bond donors (Lipinski definition) is 0. The number of piperidine rings is 1. The number of ketones is 1. The average molecular weight is 458 g/mol. The molecule has 1 aliphatic heterocycles. The molecule has 0 spiro atoms. The number of aryl methyl sites for hydroxylation is 3. The molecule has 0 atom stereocenters. The molecule has 0 amide bonds. The number of carbonyl (C=O) groups excluding carboxylic acids is 1. The van der Waals surface area contributed by atoms with Crippen molar-refractivity contribution in [2.45, 2.75) is 25.7 Å². The van der Waals surface area contributed by atoms with E-state index in [0.717, 1.165) is 27.8 Å². The van der Waals surface area contributed by atoms with E-state index in [1.807, 2.05) is 69.3 Å². The molecule has 1 aliphatic rings. The maximum Gasteiger partial charge on any atom is 0.243 e. The molecule has 168 valence electrons. The highest BCUT2D eigenvalue weighted by Crippen LogP contribution is 2.27. The molecule has 0 N–H and O–H groups in total. The molecule has 3 aromatic rings. The molecule has 4 nitrogen and oxygen atoms in total. The predicted molar refractivity (Wildman–Crippen MR) is 133 cm³/mol. The summed E-state index contributed by atoms with van der Waals surface area (Å²) in [7, 11) is -3.77. The second kappa shape index (κ2) is 9.30. The van der Waals surface area contributed by atoms with Gasteiger partial charge >= 0.3 is 0 Å². The summed E-state index contributed by atoms with van der Waals surface area (Å²) in [6.45, 7) is 5.99. The Bertz CT molecular complexity index is 1260. The first kappa shape index (κ1) is 22.9. The van der Waals surface area contributed by atoms with Crippen molar-refractivity contribution in [2.75, 3.05) is 13.1 Å². The number of benzene rings is 3. The zero-order valence-corrected chi connectivity index (χ0v) is 19.9. The first-order valence-electron chi connectivity index (χ1n) is 10.9. The van der Waals surface area contributed by atoms with Crippen molar-refractivity contribution >= 4 is 28.0 Å². The van der Waals surface area contributed by atoms with Crippen molar-refractivity contribution in [1.82, 2.24) is 4.31 Å². The second-order valence-electron chi connectivity index (χ2n) is 8.58. The Morgan fingerprint density at radius 1 is 0.636 bits per heavy atom. The summed E-state index contributed by atoms with van der Waals surface area (Å²) in [4.78, 5) is 13.6. The normalized spacial score (nSPS) is 17.6. The van der Waals surface area contributed by atoms with Crippen LogP contribution in [0.4, 0.5) is 0 Å². The lowest BCUT2D eigenvalue weighted by Gasteiger charge is -2.29. The van der Waals surface area contributed by atoms with Crippen LogP contribution in [0.1, 0.15) is 27.8 Å². The van der Waals surface area contributed by atoms with Gasteiger partial charge in [0.05, 0.1) is 4.90 Å². The third-order valence-corrected chi connectivity index (χ3v) is 7.58. The maximum absolute atomic E-state index is 13.5. The summed E-state index contributed by atoms with van der Waals surface area (Å²) in [5.41, 5.74) is 5.88. The van der Waals surface area contributed by atoms with Gasteiger partial charge in [-0.15, -0.1) is 0 Å². The lowest BCUT2D eigenvalue weighted by Crippen LogP contribution is -2.41. The summed E-state index contributed by atoms with van der Waals surface area (Å²) in [5.74, 6) is -0.119. The molecule has 0 aromatic heterocycles. The Morgan fingerprint density at radius 3 is 1.39 bits per heavy atom. The van der Waals surface area contributed by atoms with Crippen LogP contribution in [0.15, 0.2) is 88.8 Å². The summed E-state index contributed by atoms with van der Waals surface area (Å²) in [6, 6.07) is 22.5. The Kier molecular flexibility index (Phi) is 6.45. The molecule has 1 heterocycles. The molecule has 5 heteroatoms. The van der Waals surface area contributed by atoms with Crippen LogP contribution in [0.3, 0.4) is 0 Å². The van der Waals surface area contributed by atoms with E-state index in [-0.39, 0.29) is 23.8 Å². The number of hydrogen-bond acceptors (Lipinski definition) is 3. The molecule has 4 rings (SSSR count). The van der Waals surface area contributed by atoms with Crippen LogP contribution in [-0.4, -0.2) is 31.6 Å². The molecule has 3 aromatic carbocycles. The van der Waals surface area contributed by atoms with Crippen molar-refractivity contribution in [3.63, 3.8) is 0 Å². The van der Waals surface area contributed by atoms with E-state index in [0.29, 0.717) is 11.1 Å². The fraction of sp³-hybridized carbons (Fsp3) is 0.179. The number of Topliss-reactive ketones (excluding diaryl/α,β-unsaturated/α-hetero) is 1. The van der Waals surface area contributed by atoms with Gasteiger partial charge in [0.15, 0.2) is 5.78 Å². The molecular formula is C28H27NO3S. The number of rotatable bonds is 4. The van der Waals surface area contributed by atoms with Crippen molar-refractivity contribution in [3.05, 3.63) is 112 Å². The highest BCUT2D eigenvalue weighted by Gasteiger charge is 2.34. The van der Waals surface area contributed by atoms with Gasteiger partial charge in [-0.05, 0) is 56.2 Å². The molecule has 33 heavy (non-hydrogen) atoms. The van der Waals surface area contributed by atoms with E-state index in [4.69, 9.17) is 0 Å². The molecule has 1 fully saturated rings. The minimum atomic E-state index is -3.77. The van der Waals surface area contributed by atoms with Crippen LogP contribution in [0.25, 0.3) is 12.2 Å². The Hall–Kier alpha value is -3.28. The van der Waals surface area contributed by atoms with Crippen molar-refractivity contribution in [3.8, 4) is 0 Å². The van der Waals surface area contributed by atoms with Gasteiger partial charge in [0.1, 0.15) is 0 Å². The summed E-state index contributed by atoms with van der Waals surface area (Å²) < 4.78 is 28.3. The smallest absolute Gasteiger partial charge is 0.243 e. The standard InChI is InChI=1S/C28H27NO3S/c1-20-4-10-23(11-5-20)16-25-18-29(33(31,32)27-14-8-22(3)9-15-27)19-26(28(25)30)17-24-12-6-21(2)7-13-24/h4-17H,18-19H2,1-3H3. The highest BCUT2D eigenvalue weighted by molar-refractivity contribution is 7.89. The van der Waals surface area contributed by atoms with Gasteiger partial charge in [0, 0.05) is 24.2 Å². The minimum Gasteiger partial charge on any atom is -0.289 e. The van der Waals surface area contributed by atoms with E-state index < -0.39 is 10.0 Å². The Morgan fingerprint density at radius 2 is 1.00 bits per heavy atom. The summed E-state index contributed by atoms with van der Waals surface area (Å²) in [6.07, 6.45) is 3.59. The van der Waals surface area contributed by atoms with Gasteiger partial charge in [-0.1, -0.05) is 77.4 Å². The fourth-order valence-corrected chi connectivity index (χ4v) is 5.16. The summed E-state index contributed by atoms with van der Waals surface area (Å²) in [5, 5.41) is 0. The van der Waals surface area contributed by atoms with Crippen LogP contribution in [0.5, 0.6) is 0 Å². The average Bonchev–Trinajstić information content (AvgIpc) is 2.79. The SMILES string of the molecule is Cc1ccc(C=C2CN(S(=O)(=O)c3ccc(C)cc3)CC(=Cc3ccc(C)cc3)C2=O)cc1. The van der Waals surface area contributed by atoms with Gasteiger partial charge in [-0.3, -0.25) is 4.79 Å². The second-order valence-corrected chi connectivity index (χ2v) is 10.5. The molecule has 0 saturated carbocycles. The predicted octanol–water partition coefficient (Wildman–Crippen LogP) is 5.35. The van der Waals surface area contributed by atoms with Gasteiger partial charge in [-0.25, -0.2) is 8.42 Å². The number of nitrogens with zero attached hydrogens (tertiary/aromatic N) is 1. The molecule has 0 unspecified atom stereocenters. The quantitative estimate of drug-likeness (QED) is 0.496. The van der Waals surface area contributed by atoms with Gasteiger partial charge in [0.25, 0.3) is 0 Å². The third kappa shape index (κ3) is 5.21. The Balaban J connectivity index is 1.77. The largest absolute Gasteiger partial charge is 0.289 e. The maximum atomic E-state index is 13.5. The van der Waals surface area contributed by atoms with E-state index in [9.17, 15) is 13.2 Å². The van der Waals surface area contributed by atoms with Crippen molar-refractivity contribution in [1.29, 1.82) is 0 Å². The fourth-order valence-electron chi connectivity index (χ4n) is 3.77. The molecule has 1 saturated heterocycles. The number of carbonyl (C=O) groups is 1. The van der Waals surface area contributed by atoms with Gasteiger partial charge in [-0.2, -0.15) is 4.31 Å². The van der Waals surface area contributed by atoms with Crippen LogP contribution in [-0.2, 0) is 14.8 Å². The van der Waals surface area contributed by atoms with E-state index >= 15 is 0 Å². The van der Waals surface area contributed by atoms with E-state index in [1.165, 1.54) is 4.31 Å². The van der Waals surface area contributed by atoms with Crippen LogP contribution in [0.2, 0.25) is 0 Å². The van der Waals surface area contributed by atoms with Crippen LogP contribution >= 0.6 is 0 Å². The van der Waals surface area contributed by atoms with Gasteiger partial charge < -0.3 is 0 Å².